The maximum atomic E-state index is 12.1. The van der Waals surface area contributed by atoms with Crippen LogP contribution in [0.3, 0.4) is 0 Å². The molecule has 30 heavy (non-hydrogen) atoms. The second-order valence-corrected chi connectivity index (χ2v) is 10.1. The van der Waals surface area contributed by atoms with Crippen molar-refractivity contribution in [1.82, 2.24) is 0 Å². The number of hydrogen-bond acceptors (Lipinski definition) is 6. The van der Waals surface area contributed by atoms with Crippen molar-refractivity contribution in [3.63, 3.8) is 0 Å². The Morgan fingerprint density at radius 3 is 2.63 bits per heavy atom. The SMILES string of the molecule is C[C@]12CC[C@H]3[C@@H](CCC4=CC(=O)CC[C@@]43C)[C@@H]1CC[C@H]2OC(=O)OCC(O)C(=O)O. The maximum absolute atomic E-state index is 12.1. The van der Waals surface area contributed by atoms with Crippen LogP contribution in [0.1, 0.15) is 65.2 Å². The van der Waals surface area contributed by atoms with Crippen molar-refractivity contribution in [2.45, 2.75) is 77.4 Å². The third-order valence-corrected chi connectivity index (χ3v) is 8.76. The third-order valence-electron chi connectivity index (χ3n) is 8.76. The van der Waals surface area contributed by atoms with Crippen LogP contribution in [0.2, 0.25) is 0 Å². The number of allylic oxidation sites excluding steroid dienone is 1. The van der Waals surface area contributed by atoms with Gasteiger partial charge in [-0.1, -0.05) is 19.4 Å². The topological polar surface area (TPSA) is 110 Å². The highest BCUT2D eigenvalue weighted by molar-refractivity contribution is 5.91. The van der Waals surface area contributed by atoms with E-state index in [0.717, 1.165) is 44.9 Å². The quantitative estimate of drug-likeness (QED) is 0.670. The Hall–Kier alpha value is -1.89. The van der Waals surface area contributed by atoms with Crippen molar-refractivity contribution < 1.29 is 34.1 Å². The van der Waals surface area contributed by atoms with Gasteiger partial charge in [-0.3, -0.25) is 4.79 Å². The molecule has 0 aromatic carbocycles. The highest BCUT2D eigenvalue weighted by Gasteiger charge is 2.60. The highest BCUT2D eigenvalue weighted by atomic mass is 16.7. The van der Waals surface area contributed by atoms with Gasteiger partial charge in [0.2, 0.25) is 0 Å². The van der Waals surface area contributed by atoms with Crippen molar-refractivity contribution in [1.29, 1.82) is 0 Å². The van der Waals surface area contributed by atoms with Gasteiger partial charge in [0.25, 0.3) is 0 Å². The van der Waals surface area contributed by atoms with Crippen molar-refractivity contribution in [3.05, 3.63) is 11.6 Å². The number of ketones is 1. The molecule has 0 aromatic heterocycles. The molecular weight excluding hydrogens is 388 g/mol. The molecule has 4 aliphatic rings. The van der Waals surface area contributed by atoms with Gasteiger partial charge < -0.3 is 19.7 Å². The van der Waals surface area contributed by atoms with Crippen LogP contribution >= 0.6 is 0 Å². The van der Waals surface area contributed by atoms with Crippen LogP contribution in [0.4, 0.5) is 4.79 Å². The van der Waals surface area contributed by atoms with Crippen molar-refractivity contribution >= 4 is 17.9 Å². The average Bonchev–Trinajstić information content (AvgIpc) is 3.03. The monoisotopic (exact) mass is 420 g/mol. The van der Waals surface area contributed by atoms with Crippen LogP contribution in [-0.2, 0) is 19.1 Å². The molecular formula is C23H32O7. The molecule has 0 spiro atoms. The largest absolute Gasteiger partial charge is 0.508 e. The number of aliphatic hydroxyl groups is 1. The number of fused-ring (bicyclic) bond motifs is 5. The normalized spacial score (nSPS) is 41.0. The van der Waals surface area contributed by atoms with Gasteiger partial charge in [-0.15, -0.1) is 0 Å². The Labute approximate surface area is 176 Å². The van der Waals surface area contributed by atoms with Crippen LogP contribution < -0.4 is 0 Å². The second-order valence-electron chi connectivity index (χ2n) is 10.1. The van der Waals surface area contributed by atoms with Crippen molar-refractivity contribution in [3.8, 4) is 0 Å². The van der Waals surface area contributed by atoms with Gasteiger partial charge in [0, 0.05) is 11.8 Å². The van der Waals surface area contributed by atoms with E-state index in [2.05, 4.69) is 13.8 Å². The van der Waals surface area contributed by atoms with E-state index in [1.54, 1.807) is 0 Å². The number of carboxylic acids is 1. The van der Waals surface area contributed by atoms with E-state index in [4.69, 9.17) is 14.6 Å². The zero-order valence-corrected chi connectivity index (χ0v) is 17.8. The lowest BCUT2D eigenvalue weighted by atomic mass is 9.47. The standard InChI is InChI=1S/C23H32O7/c1-22-9-7-14(24)11-13(22)3-4-15-16-5-6-19(23(16,2)10-8-17(15)22)30-21(28)29-12-18(25)20(26)27/h11,15-19,25H,3-10,12H2,1-2H3,(H,26,27)/t15-,16-,17-,18?,19+,22-,23-/m0/s1. The summed E-state index contributed by atoms with van der Waals surface area (Å²) < 4.78 is 10.4. The van der Waals surface area contributed by atoms with E-state index in [1.807, 2.05) is 6.08 Å². The Kier molecular flexibility index (Phi) is 5.45. The maximum Gasteiger partial charge on any atom is 0.508 e. The van der Waals surface area contributed by atoms with Crippen LogP contribution in [0.5, 0.6) is 0 Å². The molecule has 1 unspecified atom stereocenters. The summed E-state index contributed by atoms with van der Waals surface area (Å²) in [6, 6.07) is 0. The van der Waals surface area contributed by atoms with Crippen molar-refractivity contribution in [2.75, 3.05) is 6.61 Å². The minimum atomic E-state index is -1.74. The predicted octanol–water partition coefficient (Wildman–Crippen LogP) is 3.49. The summed E-state index contributed by atoms with van der Waals surface area (Å²) in [7, 11) is 0. The second kappa shape index (κ2) is 7.66. The lowest BCUT2D eigenvalue weighted by Crippen LogP contribution is -2.51. The van der Waals surface area contributed by atoms with Gasteiger partial charge in [0.05, 0.1) is 0 Å². The van der Waals surface area contributed by atoms with Gasteiger partial charge in [-0.25, -0.2) is 9.59 Å². The fourth-order valence-corrected chi connectivity index (χ4v) is 7.07. The van der Waals surface area contributed by atoms with E-state index in [0.29, 0.717) is 24.2 Å². The van der Waals surface area contributed by atoms with Crippen LogP contribution in [0.25, 0.3) is 0 Å². The minimum absolute atomic E-state index is 0.114. The van der Waals surface area contributed by atoms with E-state index in [9.17, 15) is 19.5 Å². The molecule has 7 heteroatoms. The van der Waals surface area contributed by atoms with Gasteiger partial charge in [-0.05, 0) is 74.2 Å². The Morgan fingerprint density at radius 1 is 1.13 bits per heavy atom. The first-order valence-corrected chi connectivity index (χ1v) is 11.1. The van der Waals surface area contributed by atoms with Gasteiger partial charge in [-0.2, -0.15) is 0 Å². The lowest BCUT2D eigenvalue weighted by Gasteiger charge is -2.57. The molecule has 0 radical (unpaired) electrons. The molecule has 166 valence electrons. The fraction of sp³-hybridized carbons (Fsp3) is 0.783. The van der Waals surface area contributed by atoms with E-state index < -0.39 is 24.8 Å². The molecule has 3 fully saturated rings. The van der Waals surface area contributed by atoms with E-state index in [-0.39, 0.29) is 22.7 Å². The van der Waals surface area contributed by atoms with Crippen LogP contribution in [0, 0.1) is 28.6 Å². The van der Waals surface area contributed by atoms with Gasteiger partial charge in [0.15, 0.2) is 11.9 Å². The number of ether oxygens (including phenoxy) is 2. The first kappa shape index (κ1) is 21.3. The zero-order valence-electron chi connectivity index (χ0n) is 17.8. The van der Waals surface area contributed by atoms with Crippen LogP contribution in [0.15, 0.2) is 11.6 Å². The fourth-order valence-electron chi connectivity index (χ4n) is 7.07. The summed E-state index contributed by atoms with van der Waals surface area (Å²) >= 11 is 0. The number of carbonyl (C=O) groups excluding carboxylic acids is 2. The molecule has 7 atom stereocenters. The van der Waals surface area contributed by atoms with Gasteiger partial charge in [0.1, 0.15) is 12.7 Å². The molecule has 2 N–H and O–H groups in total. The minimum Gasteiger partial charge on any atom is -0.479 e. The number of hydrogen-bond donors (Lipinski definition) is 2. The first-order valence-electron chi connectivity index (χ1n) is 11.1. The molecule has 4 rings (SSSR count). The smallest absolute Gasteiger partial charge is 0.479 e. The number of carbonyl (C=O) groups is 3. The molecule has 0 saturated heterocycles. The predicted molar refractivity (Wildman–Crippen MR) is 107 cm³/mol. The number of rotatable bonds is 4. The number of carboxylic acid groups (broad SMARTS) is 1. The van der Waals surface area contributed by atoms with Gasteiger partial charge >= 0.3 is 12.1 Å². The molecule has 0 amide bonds. The average molecular weight is 421 g/mol. The molecule has 7 nitrogen and oxygen atoms in total. The van der Waals surface area contributed by atoms with Crippen LogP contribution in [-0.4, -0.2) is 46.9 Å². The highest BCUT2D eigenvalue weighted by Crippen LogP contribution is 2.65. The van der Waals surface area contributed by atoms with Crippen molar-refractivity contribution in [2.24, 2.45) is 28.6 Å². The summed E-state index contributed by atoms with van der Waals surface area (Å²) in [5.74, 6) is 0.437. The summed E-state index contributed by atoms with van der Waals surface area (Å²) in [6.45, 7) is 3.94. The van der Waals surface area contributed by atoms with E-state index in [1.165, 1.54) is 5.57 Å². The molecule has 0 aliphatic heterocycles. The molecule has 3 saturated carbocycles. The Bertz CT molecular complexity index is 774. The van der Waals surface area contributed by atoms with E-state index >= 15 is 0 Å². The number of aliphatic hydroxyl groups excluding tert-OH is 1. The summed E-state index contributed by atoms with van der Waals surface area (Å²) in [5.41, 5.74) is 1.34. The summed E-state index contributed by atoms with van der Waals surface area (Å²) in [4.78, 5) is 34.7. The molecule has 0 heterocycles. The summed E-state index contributed by atoms with van der Waals surface area (Å²) in [6.07, 6.45) is 6.47. The third kappa shape index (κ3) is 3.45. The number of aliphatic carboxylic acids is 1. The molecule has 0 bridgehead atoms. The first-order chi connectivity index (χ1) is 14.1. The Balaban J connectivity index is 1.44. The zero-order chi connectivity index (χ0) is 21.7. The molecule has 4 aliphatic carbocycles. The lowest BCUT2D eigenvalue weighted by molar-refractivity contribution is -0.149. The summed E-state index contributed by atoms with van der Waals surface area (Å²) in [5, 5.41) is 18.0. The Morgan fingerprint density at radius 2 is 1.90 bits per heavy atom. The molecule has 0 aromatic rings.